The van der Waals surface area contributed by atoms with Gasteiger partial charge in [-0.1, -0.05) is 0 Å². The number of rotatable bonds is 3. The first-order valence-electron chi connectivity index (χ1n) is 7.93. The molecule has 1 aromatic rings. The van der Waals surface area contributed by atoms with Gasteiger partial charge in [0, 0.05) is 24.8 Å². The normalized spacial score (nSPS) is 19.7. The van der Waals surface area contributed by atoms with E-state index in [0.717, 1.165) is 0 Å². The van der Waals surface area contributed by atoms with Gasteiger partial charge >= 0.3 is 6.09 Å². The lowest BCUT2D eigenvalue weighted by molar-refractivity contribution is 0.0487. The lowest BCUT2D eigenvalue weighted by Crippen LogP contribution is -2.50. The van der Waals surface area contributed by atoms with Crippen LogP contribution in [0.4, 0.5) is 10.5 Å². The zero-order valence-corrected chi connectivity index (χ0v) is 15.1. The minimum absolute atomic E-state index is 0.203. The van der Waals surface area contributed by atoms with Crippen molar-refractivity contribution in [3.05, 3.63) is 24.3 Å². The molecule has 1 fully saturated rings. The van der Waals surface area contributed by atoms with Gasteiger partial charge in [-0.2, -0.15) is 4.31 Å². The summed E-state index contributed by atoms with van der Waals surface area (Å²) in [6, 6.07) is 5.85. The van der Waals surface area contributed by atoms with Crippen molar-refractivity contribution in [3.63, 3.8) is 0 Å². The Balaban J connectivity index is 2.04. The van der Waals surface area contributed by atoms with Crippen LogP contribution in [0.3, 0.4) is 0 Å². The summed E-state index contributed by atoms with van der Waals surface area (Å²) in [6.45, 7) is 6.01. The van der Waals surface area contributed by atoms with Gasteiger partial charge in [-0.3, -0.25) is 0 Å². The van der Waals surface area contributed by atoms with Gasteiger partial charge in [0.2, 0.25) is 10.0 Å². The number of benzene rings is 1. The number of ether oxygens (including phenoxy) is 1. The van der Waals surface area contributed by atoms with Crippen LogP contribution in [0, 0.1) is 0 Å². The fourth-order valence-electron chi connectivity index (χ4n) is 2.54. The smallest absolute Gasteiger partial charge is 0.407 e. The molecule has 2 rings (SSSR count). The molecule has 7 nitrogen and oxygen atoms in total. The third-order valence-corrected chi connectivity index (χ3v) is 5.50. The maximum atomic E-state index is 12.7. The molecule has 0 radical (unpaired) electrons. The number of amides is 1. The average molecular weight is 355 g/mol. The van der Waals surface area contributed by atoms with E-state index in [-0.39, 0.29) is 17.5 Å². The van der Waals surface area contributed by atoms with Crippen molar-refractivity contribution in [1.82, 2.24) is 9.62 Å². The van der Waals surface area contributed by atoms with E-state index in [1.807, 2.05) is 0 Å². The Morgan fingerprint density at radius 3 is 2.50 bits per heavy atom. The van der Waals surface area contributed by atoms with E-state index in [2.05, 4.69) is 5.32 Å². The third-order valence-electron chi connectivity index (χ3n) is 3.62. The lowest BCUT2D eigenvalue weighted by atomic mass is 10.1. The van der Waals surface area contributed by atoms with Crippen LogP contribution in [0.5, 0.6) is 0 Å². The van der Waals surface area contributed by atoms with Gasteiger partial charge < -0.3 is 15.8 Å². The molecule has 1 aromatic carbocycles. The van der Waals surface area contributed by atoms with Gasteiger partial charge in [-0.05, 0) is 57.9 Å². The van der Waals surface area contributed by atoms with Gasteiger partial charge in [0.25, 0.3) is 0 Å². The number of carbonyl (C=O) groups excluding carboxylic acids is 1. The Hall–Kier alpha value is -1.80. The number of alkyl carbamates (subject to hydrolysis) is 1. The first-order chi connectivity index (χ1) is 11.1. The van der Waals surface area contributed by atoms with Gasteiger partial charge in [0.05, 0.1) is 4.90 Å². The van der Waals surface area contributed by atoms with Gasteiger partial charge in [-0.15, -0.1) is 0 Å². The molecule has 0 unspecified atom stereocenters. The van der Waals surface area contributed by atoms with E-state index in [4.69, 9.17) is 10.5 Å². The SMILES string of the molecule is CC(C)(C)OC(=O)N[C@H]1CCCN(S(=O)(=O)c2ccc(N)cc2)C1. The number of anilines is 1. The number of piperidine rings is 1. The Morgan fingerprint density at radius 1 is 1.29 bits per heavy atom. The van der Waals surface area contributed by atoms with E-state index in [1.54, 1.807) is 32.9 Å². The summed E-state index contributed by atoms with van der Waals surface area (Å²) < 4.78 is 32.0. The molecule has 1 aliphatic rings. The van der Waals surface area contributed by atoms with Gasteiger partial charge in [0.15, 0.2) is 0 Å². The standard InChI is InChI=1S/C16H25N3O4S/c1-16(2,3)23-15(20)18-13-5-4-10-19(11-13)24(21,22)14-8-6-12(17)7-9-14/h6-9,13H,4-5,10-11,17H2,1-3H3,(H,18,20)/t13-/m0/s1. The molecule has 0 aromatic heterocycles. The van der Waals surface area contributed by atoms with Crippen LogP contribution < -0.4 is 11.1 Å². The second-order valence-electron chi connectivity index (χ2n) is 6.92. The number of nitrogens with one attached hydrogen (secondary N) is 1. The molecule has 134 valence electrons. The Bertz CT molecular complexity index is 680. The van der Waals surface area contributed by atoms with Crippen LogP contribution in [-0.2, 0) is 14.8 Å². The summed E-state index contributed by atoms with van der Waals surface area (Å²) in [5, 5.41) is 2.75. The summed E-state index contributed by atoms with van der Waals surface area (Å²) >= 11 is 0. The molecule has 24 heavy (non-hydrogen) atoms. The van der Waals surface area contributed by atoms with Crippen molar-refractivity contribution in [2.24, 2.45) is 0 Å². The molecular formula is C16H25N3O4S. The van der Waals surface area contributed by atoms with Crippen molar-refractivity contribution >= 4 is 21.8 Å². The number of carbonyl (C=O) groups is 1. The molecular weight excluding hydrogens is 330 g/mol. The first-order valence-corrected chi connectivity index (χ1v) is 9.37. The largest absolute Gasteiger partial charge is 0.444 e. The zero-order valence-electron chi connectivity index (χ0n) is 14.3. The molecule has 1 aliphatic heterocycles. The van der Waals surface area contributed by atoms with E-state index < -0.39 is 21.7 Å². The highest BCUT2D eigenvalue weighted by Gasteiger charge is 2.31. The van der Waals surface area contributed by atoms with Crippen molar-refractivity contribution in [2.75, 3.05) is 18.8 Å². The minimum Gasteiger partial charge on any atom is -0.444 e. The van der Waals surface area contributed by atoms with Crippen LogP contribution in [0.15, 0.2) is 29.2 Å². The summed E-state index contributed by atoms with van der Waals surface area (Å²) in [7, 11) is -3.60. The predicted molar refractivity (Wildman–Crippen MR) is 92.0 cm³/mol. The minimum atomic E-state index is -3.60. The average Bonchev–Trinajstić information content (AvgIpc) is 2.46. The van der Waals surface area contributed by atoms with E-state index >= 15 is 0 Å². The fraction of sp³-hybridized carbons (Fsp3) is 0.562. The van der Waals surface area contributed by atoms with Crippen molar-refractivity contribution < 1.29 is 17.9 Å². The second kappa shape index (κ2) is 6.98. The molecule has 1 heterocycles. The van der Waals surface area contributed by atoms with E-state index in [0.29, 0.717) is 25.1 Å². The Morgan fingerprint density at radius 2 is 1.92 bits per heavy atom. The first kappa shape index (κ1) is 18.5. The Labute approximate surface area is 143 Å². The molecule has 3 N–H and O–H groups in total. The number of hydrogen-bond acceptors (Lipinski definition) is 5. The highest BCUT2D eigenvalue weighted by Crippen LogP contribution is 2.22. The summed E-state index contributed by atoms with van der Waals surface area (Å²) in [5.41, 5.74) is 5.53. The van der Waals surface area contributed by atoms with Crippen molar-refractivity contribution in [3.8, 4) is 0 Å². The fourth-order valence-corrected chi connectivity index (χ4v) is 4.07. The summed E-state index contributed by atoms with van der Waals surface area (Å²) in [5.74, 6) is 0. The lowest BCUT2D eigenvalue weighted by Gasteiger charge is -2.32. The molecule has 0 aliphatic carbocycles. The number of nitrogen functional groups attached to an aromatic ring is 1. The second-order valence-corrected chi connectivity index (χ2v) is 8.86. The zero-order chi connectivity index (χ0) is 18.0. The van der Waals surface area contributed by atoms with Crippen LogP contribution in [0.2, 0.25) is 0 Å². The van der Waals surface area contributed by atoms with Crippen molar-refractivity contribution in [1.29, 1.82) is 0 Å². The number of sulfonamides is 1. The predicted octanol–water partition coefficient (Wildman–Crippen LogP) is 1.95. The maximum absolute atomic E-state index is 12.7. The molecule has 1 amide bonds. The highest BCUT2D eigenvalue weighted by atomic mass is 32.2. The quantitative estimate of drug-likeness (QED) is 0.807. The number of nitrogens with zero attached hydrogens (tertiary/aromatic N) is 1. The molecule has 1 saturated heterocycles. The van der Waals surface area contributed by atoms with Gasteiger partial charge in [-0.25, -0.2) is 13.2 Å². The topological polar surface area (TPSA) is 102 Å². The van der Waals surface area contributed by atoms with Crippen LogP contribution >= 0.6 is 0 Å². The monoisotopic (exact) mass is 355 g/mol. The molecule has 0 saturated carbocycles. The van der Waals surface area contributed by atoms with E-state index in [1.165, 1.54) is 16.4 Å². The Kier molecular flexibility index (Phi) is 5.39. The molecule has 0 bridgehead atoms. The van der Waals surface area contributed by atoms with E-state index in [9.17, 15) is 13.2 Å². The maximum Gasteiger partial charge on any atom is 0.407 e. The van der Waals surface area contributed by atoms with Crippen LogP contribution in [-0.4, -0.2) is 43.5 Å². The molecule has 8 heteroatoms. The summed E-state index contributed by atoms with van der Waals surface area (Å²) in [4.78, 5) is 12.1. The highest BCUT2D eigenvalue weighted by molar-refractivity contribution is 7.89. The number of hydrogen-bond donors (Lipinski definition) is 2. The third kappa shape index (κ3) is 4.85. The molecule has 0 spiro atoms. The summed E-state index contributed by atoms with van der Waals surface area (Å²) in [6.07, 6.45) is 0.862. The van der Waals surface area contributed by atoms with Crippen molar-refractivity contribution in [2.45, 2.75) is 50.2 Å². The van der Waals surface area contributed by atoms with Gasteiger partial charge in [0.1, 0.15) is 5.60 Å². The van der Waals surface area contributed by atoms with Crippen LogP contribution in [0.1, 0.15) is 33.6 Å². The number of nitrogens with two attached hydrogens (primary N) is 1. The van der Waals surface area contributed by atoms with Crippen LogP contribution in [0.25, 0.3) is 0 Å². The molecule has 1 atom stereocenters.